The summed E-state index contributed by atoms with van der Waals surface area (Å²) >= 11 is 0. The first-order valence-corrected chi connectivity index (χ1v) is 7.85. The first-order valence-electron chi connectivity index (χ1n) is 7.85. The van der Waals surface area contributed by atoms with Crippen molar-refractivity contribution in [3.8, 4) is 0 Å². The van der Waals surface area contributed by atoms with Crippen LogP contribution in [-0.2, 0) is 6.42 Å². The number of carbonyl (C=O) groups excluding carboxylic acids is 1. The van der Waals surface area contributed by atoms with Gasteiger partial charge in [0.15, 0.2) is 5.82 Å². The third kappa shape index (κ3) is 3.74. The quantitative estimate of drug-likeness (QED) is 0.590. The molecule has 0 unspecified atom stereocenters. The Balaban J connectivity index is 1.87. The number of nitrogen functional groups attached to an aromatic ring is 1. The number of hydrogen-bond acceptors (Lipinski definition) is 6. The highest BCUT2D eigenvalue weighted by Gasteiger charge is 2.19. The van der Waals surface area contributed by atoms with Gasteiger partial charge in [0.05, 0.1) is 11.4 Å². The molecule has 0 spiro atoms. The minimum Gasteiger partial charge on any atom is -0.397 e. The van der Waals surface area contributed by atoms with E-state index in [9.17, 15) is 4.79 Å². The van der Waals surface area contributed by atoms with Gasteiger partial charge in [0.2, 0.25) is 0 Å². The third-order valence-corrected chi connectivity index (χ3v) is 3.83. The zero-order chi connectivity index (χ0) is 17.6. The molecular weight excluding hydrogens is 318 g/mol. The summed E-state index contributed by atoms with van der Waals surface area (Å²) < 4.78 is 0. The molecule has 128 valence electrons. The van der Waals surface area contributed by atoms with Gasteiger partial charge in [-0.3, -0.25) is 4.79 Å². The number of aromatic amines is 1. The second kappa shape index (κ2) is 7.43. The second-order valence-electron chi connectivity index (χ2n) is 5.42. The van der Waals surface area contributed by atoms with Crippen LogP contribution in [0.25, 0.3) is 0 Å². The molecule has 25 heavy (non-hydrogen) atoms. The van der Waals surface area contributed by atoms with Crippen LogP contribution in [0.1, 0.15) is 16.2 Å². The van der Waals surface area contributed by atoms with Crippen LogP contribution in [-0.4, -0.2) is 40.1 Å². The van der Waals surface area contributed by atoms with E-state index in [0.717, 1.165) is 11.4 Å². The van der Waals surface area contributed by atoms with Gasteiger partial charge < -0.3 is 16.0 Å². The summed E-state index contributed by atoms with van der Waals surface area (Å²) in [5.74, 6) is 0.419. The van der Waals surface area contributed by atoms with Gasteiger partial charge in [-0.2, -0.15) is 5.21 Å². The fourth-order valence-corrected chi connectivity index (χ4v) is 2.54. The van der Waals surface area contributed by atoms with Crippen LogP contribution >= 0.6 is 0 Å². The van der Waals surface area contributed by atoms with Crippen molar-refractivity contribution in [2.45, 2.75) is 6.42 Å². The van der Waals surface area contributed by atoms with Gasteiger partial charge in [-0.05, 0) is 30.3 Å². The molecule has 0 aliphatic heterocycles. The molecule has 1 heterocycles. The lowest BCUT2D eigenvalue weighted by Crippen LogP contribution is -2.33. The normalized spacial score (nSPS) is 10.4. The molecule has 0 saturated heterocycles. The number of H-pyrrole nitrogens is 1. The van der Waals surface area contributed by atoms with E-state index in [-0.39, 0.29) is 5.91 Å². The summed E-state index contributed by atoms with van der Waals surface area (Å²) in [7, 11) is 1.79. The van der Waals surface area contributed by atoms with Crippen LogP contribution in [0.15, 0.2) is 48.5 Å². The van der Waals surface area contributed by atoms with Crippen molar-refractivity contribution in [2.75, 3.05) is 29.5 Å². The Kier molecular flexibility index (Phi) is 4.89. The molecule has 0 aliphatic carbocycles. The highest BCUT2D eigenvalue weighted by atomic mass is 16.2. The number of aromatic nitrogens is 4. The van der Waals surface area contributed by atoms with Gasteiger partial charge in [-0.1, -0.05) is 23.4 Å². The van der Waals surface area contributed by atoms with Crippen molar-refractivity contribution in [3.05, 3.63) is 59.9 Å². The maximum atomic E-state index is 13.0. The number of nitrogens with two attached hydrogens (primary N) is 1. The van der Waals surface area contributed by atoms with E-state index in [4.69, 9.17) is 5.73 Å². The molecule has 0 bridgehead atoms. The molecule has 0 atom stereocenters. The van der Waals surface area contributed by atoms with E-state index in [0.29, 0.717) is 30.0 Å². The monoisotopic (exact) mass is 337 g/mol. The minimum absolute atomic E-state index is 0.135. The van der Waals surface area contributed by atoms with Crippen molar-refractivity contribution in [3.63, 3.8) is 0 Å². The minimum atomic E-state index is -0.135. The van der Waals surface area contributed by atoms with Gasteiger partial charge in [0, 0.05) is 31.3 Å². The predicted octanol–water partition coefficient (Wildman–Crippen LogP) is 1.71. The van der Waals surface area contributed by atoms with Crippen molar-refractivity contribution < 1.29 is 4.79 Å². The van der Waals surface area contributed by atoms with Gasteiger partial charge in [-0.25, -0.2) is 0 Å². The Bertz CT molecular complexity index is 833. The number of hydrogen-bond donors (Lipinski definition) is 3. The van der Waals surface area contributed by atoms with E-state index in [2.05, 4.69) is 25.9 Å². The van der Waals surface area contributed by atoms with Crippen molar-refractivity contribution in [1.82, 2.24) is 20.6 Å². The van der Waals surface area contributed by atoms with Gasteiger partial charge >= 0.3 is 0 Å². The Morgan fingerprint density at radius 2 is 2.04 bits per heavy atom. The second-order valence-corrected chi connectivity index (χ2v) is 5.42. The predicted molar refractivity (Wildman–Crippen MR) is 96.4 cm³/mol. The summed E-state index contributed by atoms with van der Waals surface area (Å²) in [6.07, 6.45) is 0.487. The van der Waals surface area contributed by atoms with E-state index in [1.807, 2.05) is 30.3 Å². The summed E-state index contributed by atoms with van der Waals surface area (Å²) in [6, 6.07) is 14.7. The molecule has 0 aliphatic rings. The van der Waals surface area contributed by atoms with Crippen LogP contribution in [0.4, 0.5) is 17.1 Å². The first kappa shape index (κ1) is 16.4. The summed E-state index contributed by atoms with van der Waals surface area (Å²) in [4.78, 5) is 14.7. The zero-order valence-electron chi connectivity index (χ0n) is 13.8. The van der Waals surface area contributed by atoms with Crippen molar-refractivity contribution >= 4 is 23.0 Å². The number of nitrogens with zero attached hydrogens (tertiary/aromatic N) is 4. The zero-order valence-corrected chi connectivity index (χ0v) is 13.8. The molecular formula is C17H19N7O. The summed E-state index contributed by atoms with van der Waals surface area (Å²) in [5.41, 5.74) is 8.63. The number of anilines is 3. The summed E-state index contributed by atoms with van der Waals surface area (Å²) in [5, 5.41) is 16.8. The van der Waals surface area contributed by atoms with Crippen molar-refractivity contribution in [2.24, 2.45) is 0 Å². The molecule has 1 aromatic heterocycles. The van der Waals surface area contributed by atoms with Crippen LogP contribution in [0.2, 0.25) is 0 Å². The van der Waals surface area contributed by atoms with E-state index in [1.165, 1.54) is 0 Å². The number of para-hydroxylation sites is 1. The lowest BCUT2D eigenvalue weighted by molar-refractivity contribution is 0.0987. The van der Waals surface area contributed by atoms with Crippen molar-refractivity contribution in [1.29, 1.82) is 0 Å². The number of rotatable bonds is 6. The van der Waals surface area contributed by atoms with Gasteiger partial charge in [-0.15, -0.1) is 10.2 Å². The van der Waals surface area contributed by atoms with E-state index >= 15 is 0 Å². The summed E-state index contributed by atoms with van der Waals surface area (Å²) in [6.45, 7) is 0.427. The van der Waals surface area contributed by atoms with Gasteiger partial charge in [0.1, 0.15) is 0 Å². The largest absolute Gasteiger partial charge is 0.397 e. The molecule has 0 saturated carbocycles. The van der Waals surface area contributed by atoms with E-state index in [1.54, 1.807) is 30.1 Å². The maximum absolute atomic E-state index is 13.0. The molecule has 3 rings (SSSR count). The van der Waals surface area contributed by atoms with Crippen LogP contribution in [0, 0.1) is 0 Å². The smallest absolute Gasteiger partial charge is 0.258 e. The third-order valence-electron chi connectivity index (χ3n) is 3.83. The average molecular weight is 337 g/mol. The fraction of sp³-hybridized carbons (Fsp3) is 0.176. The molecule has 0 fully saturated rings. The molecule has 8 nitrogen and oxygen atoms in total. The molecule has 1 amide bonds. The number of carbonyl (C=O) groups is 1. The number of amides is 1. The maximum Gasteiger partial charge on any atom is 0.258 e. The Hall–Kier alpha value is -3.42. The number of nitrogens with one attached hydrogen (secondary N) is 2. The highest BCUT2D eigenvalue weighted by Crippen LogP contribution is 2.22. The van der Waals surface area contributed by atoms with E-state index < -0.39 is 0 Å². The molecule has 3 aromatic rings. The Labute approximate surface area is 145 Å². The standard InChI is InChI=1S/C17H19N7O/c1-19-15-8-7-12(11-14(15)18)17(25)24(13-5-3-2-4-6-13)10-9-16-20-22-23-21-16/h2-8,11,19H,9-10,18H2,1H3,(H,20,21,22,23). The first-order chi connectivity index (χ1) is 12.2. The molecule has 8 heteroatoms. The highest BCUT2D eigenvalue weighted by molar-refractivity contribution is 6.07. The van der Waals surface area contributed by atoms with Crippen LogP contribution in [0.5, 0.6) is 0 Å². The van der Waals surface area contributed by atoms with Crippen LogP contribution in [0.3, 0.4) is 0 Å². The molecule has 2 aromatic carbocycles. The topological polar surface area (TPSA) is 113 Å². The van der Waals surface area contributed by atoms with Crippen LogP contribution < -0.4 is 16.0 Å². The molecule has 4 N–H and O–H groups in total. The average Bonchev–Trinajstić information content (AvgIpc) is 3.16. The SMILES string of the molecule is CNc1ccc(C(=O)N(CCc2nn[nH]n2)c2ccccc2)cc1N. The lowest BCUT2D eigenvalue weighted by Gasteiger charge is -2.23. The fourth-order valence-electron chi connectivity index (χ4n) is 2.54. The number of benzene rings is 2. The Morgan fingerprint density at radius 3 is 2.68 bits per heavy atom. The lowest BCUT2D eigenvalue weighted by atomic mass is 10.1. The number of tetrazole rings is 1. The van der Waals surface area contributed by atoms with Gasteiger partial charge in [0.25, 0.3) is 5.91 Å². The molecule has 0 radical (unpaired) electrons. The Morgan fingerprint density at radius 1 is 1.24 bits per heavy atom.